The molecule has 108 valence electrons. The van der Waals surface area contributed by atoms with Gasteiger partial charge in [0.15, 0.2) is 6.23 Å². The average Bonchev–Trinajstić information content (AvgIpc) is 2.71. The second-order valence-electron chi connectivity index (χ2n) is 6.44. The number of carbonyl (C=O) groups excluding carboxylic acids is 1. The van der Waals surface area contributed by atoms with Gasteiger partial charge < -0.3 is 5.11 Å². The van der Waals surface area contributed by atoms with Crippen LogP contribution in [-0.4, -0.2) is 11.0 Å². The maximum Gasteiger partial charge on any atom is 0.261 e. The Hall–Kier alpha value is -2.13. The van der Waals surface area contributed by atoms with Crippen molar-refractivity contribution in [3.63, 3.8) is 0 Å². The van der Waals surface area contributed by atoms with Crippen molar-refractivity contribution in [1.29, 1.82) is 0 Å². The lowest BCUT2D eigenvalue weighted by Gasteiger charge is -2.25. The number of hydrogen-bond acceptors (Lipinski definition) is 2. The van der Waals surface area contributed by atoms with Crippen LogP contribution in [0.25, 0.3) is 0 Å². The molecule has 1 heterocycles. The lowest BCUT2D eigenvalue weighted by molar-refractivity contribution is 0.0935. The molecule has 0 spiro atoms. The highest BCUT2D eigenvalue weighted by Crippen LogP contribution is 2.37. The Morgan fingerprint density at radius 3 is 2.43 bits per heavy atom. The number of nitrogens with zero attached hydrogens (tertiary/aromatic N) is 1. The van der Waals surface area contributed by atoms with Gasteiger partial charge in [0.25, 0.3) is 5.91 Å². The predicted octanol–water partition coefficient (Wildman–Crippen LogP) is 3.64. The van der Waals surface area contributed by atoms with Crippen LogP contribution in [0.2, 0.25) is 0 Å². The molecule has 0 bridgehead atoms. The Morgan fingerprint density at radius 2 is 1.76 bits per heavy atom. The molecule has 21 heavy (non-hydrogen) atoms. The summed E-state index contributed by atoms with van der Waals surface area (Å²) in [5.74, 6) is -0.149. The van der Waals surface area contributed by atoms with Crippen molar-refractivity contribution < 1.29 is 9.90 Å². The zero-order valence-electron chi connectivity index (χ0n) is 12.5. The van der Waals surface area contributed by atoms with Gasteiger partial charge in [-0.1, -0.05) is 51.1 Å². The van der Waals surface area contributed by atoms with E-state index in [1.54, 1.807) is 12.1 Å². The third-order valence-corrected chi connectivity index (χ3v) is 3.92. The molecule has 3 heteroatoms. The molecule has 3 nitrogen and oxygen atoms in total. The van der Waals surface area contributed by atoms with Crippen LogP contribution in [0.4, 0.5) is 5.69 Å². The summed E-state index contributed by atoms with van der Waals surface area (Å²) < 4.78 is 0. The first kappa shape index (κ1) is 13.8. The van der Waals surface area contributed by atoms with E-state index < -0.39 is 6.23 Å². The molecule has 2 aromatic carbocycles. The fraction of sp³-hybridized carbons (Fsp3) is 0.278. The van der Waals surface area contributed by atoms with Crippen LogP contribution in [0.15, 0.2) is 48.5 Å². The lowest BCUT2D eigenvalue weighted by Crippen LogP contribution is -2.28. The molecule has 0 aliphatic carbocycles. The van der Waals surface area contributed by atoms with Crippen LogP contribution in [0.1, 0.15) is 48.5 Å². The largest absolute Gasteiger partial charge is 0.369 e. The predicted molar refractivity (Wildman–Crippen MR) is 83.4 cm³/mol. The van der Waals surface area contributed by atoms with Gasteiger partial charge in [0, 0.05) is 16.8 Å². The zero-order chi connectivity index (χ0) is 15.2. The quantitative estimate of drug-likeness (QED) is 0.867. The standard InChI is InChI=1S/C18H19NO2/c1-18(2,3)12-7-6-8-13(11-12)19-16(20)14-9-4-5-10-15(14)17(19)21/h4-11,16,20H,1-3H3. The third-order valence-electron chi connectivity index (χ3n) is 3.92. The minimum atomic E-state index is -0.913. The zero-order valence-corrected chi connectivity index (χ0v) is 12.5. The molecule has 1 atom stereocenters. The van der Waals surface area contributed by atoms with Gasteiger partial charge in [0.05, 0.1) is 0 Å². The van der Waals surface area contributed by atoms with Gasteiger partial charge in [-0.15, -0.1) is 0 Å². The maximum atomic E-state index is 12.5. The molecule has 0 fully saturated rings. The second-order valence-corrected chi connectivity index (χ2v) is 6.44. The van der Waals surface area contributed by atoms with E-state index in [0.717, 1.165) is 11.3 Å². The van der Waals surface area contributed by atoms with Gasteiger partial charge in [-0.2, -0.15) is 0 Å². The Labute approximate surface area is 124 Å². The first-order chi connectivity index (χ1) is 9.89. The van der Waals surface area contributed by atoms with Crippen LogP contribution >= 0.6 is 0 Å². The number of anilines is 1. The third kappa shape index (κ3) is 2.24. The molecular weight excluding hydrogens is 262 g/mol. The van der Waals surface area contributed by atoms with Crippen molar-refractivity contribution in [2.45, 2.75) is 32.4 Å². The minimum Gasteiger partial charge on any atom is -0.369 e. The van der Waals surface area contributed by atoms with Crippen LogP contribution in [0.5, 0.6) is 0 Å². The highest BCUT2D eigenvalue weighted by molar-refractivity contribution is 6.10. The number of benzene rings is 2. The highest BCUT2D eigenvalue weighted by atomic mass is 16.3. The van der Waals surface area contributed by atoms with E-state index in [4.69, 9.17) is 0 Å². The van der Waals surface area contributed by atoms with Gasteiger partial charge in [0.2, 0.25) is 0 Å². The van der Waals surface area contributed by atoms with E-state index in [1.165, 1.54) is 4.90 Å². The molecule has 0 saturated carbocycles. The second kappa shape index (κ2) is 4.71. The molecule has 0 aromatic heterocycles. The van der Waals surface area contributed by atoms with E-state index in [0.29, 0.717) is 11.1 Å². The van der Waals surface area contributed by atoms with E-state index in [2.05, 4.69) is 20.8 Å². The molecule has 0 radical (unpaired) electrons. The number of rotatable bonds is 1. The molecule has 1 N–H and O–H groups in total. The monoisotopic (exact) mass is 281 g/mol. The van der Waals surface area contributed by atoms with Crippen LogP contribution in [0, 0.1) is 0 Å². The number of hydrogen-bond donors (Lipinski definition) is 1. The van der Waals surface area contributed by atoms with Crippen LogP contribution < -0.4 is 4.90 Å². The van der Waals surface area contributed by atoms with E-state index in [-0.39, 0.29) is 11.3 Å². The Bertz CT molecular complexity index is 700. The molecule has 1 unspecified atom stereocenters. The topological polar surface area (TPSA) is 40.5 Å². The molecule has 1 amide bonds. The van der Waals surface area contributed by atoms with Crippen molar-refractivity contribution in [2.24, 2.45) is 0 Å². The van der Waals surface area contributed by atoms with Gasteiger partial charge in [-0.25, -0.2) is 0 Å². The highest BCUT2D eigenvalue weighted by Gasteiger charge is 2.36. The van der Waals surface area contributed by atoms with Gasteiger partial charge >= 0.3 is 0 Å². The number of fused-ring (bicyclic) bond motifs is 1. The van der Waals surface area contributed by atoms with Crippen molar-refractivity contribution in [2.75, 3.05) is 4.90 Å². The summed E-state index contributed by atoms with van der Waals surface area (Å²) in [6.07, 6.45) is -0.913. The van der Waals surface area contributed by atoms with E-state index in [9.17, 15) is 9.90 Å². The molecular formula is C18H19NO2. The molecule has 1 aliphatic rings. The summed E-state index contributed by atoms with van der Waals surface area (Å²) >= 11 is 0. The summed E-state index contributed by atoms with van der Waals surface area (Å²) in [6.45, 7) is 6.38. The Kier molecular flexibility index (Phi) is 3.10. The lowest BCUT2D eigenvalue weighted by atomic mass is 9.87. The first-order valence-electron chi connectivity index (χ1n) is 7.11. The van der Waals surface area contributed by atoms with Crippen molar-refractivity contribution in [1.82, 2.24) is 0 Å². The number of carbonyl (C=O) groups is 1. The van der Waals surface area contributed by atoms with Gasteiger partial charge in [-0.3, -0.25) is 9.69 Å². The Morgan fingerprint density at radius 1 is 1.05 bits per heavy atom. The normalized spacial score (nSPS) is 18.0. The average molecular weight is 281 g/mol. The van der Waals surface area contributed by atoms with Crippen molar-refractivity contribution in [3.8, 4) is 0 Å². The fourth-order valence-electron chi connectivity index (χ4n) is 2.68. The molecule has 1 aliphatic heterocycles. The summed E-state index contributed by atoms with van der Waals surface area (Å²) in [4.78, 5) is 14.0. The Balaban J connectivity index is 2.05. The number of amides is 1. The van der Waals surface area contributed by atoms with Crippen molar-refractivity contribution in [3.05, 3.63) is 65.2 Å². The summed E-state index contributed by atoms with van der Waals surface area (Å²) in [7, 11) is 0. The summed E-state index contributed by atoms with van der Waals surface area (Å²) in [5.41, 5.74) is 3.11. The fourth-order valence-corrected chi connectivity index (χ4v) is 2.68. The van der Waals surface area contributed by atoms with Crippen LogP contribution in [-0.2, 0) is 5.41 Å². The molecule has 2 aromatic rings. The maximum absolute atomic E-state index is 12.5. The smallest absolute Gasteiger partial charge is 0.261 e. The van der Waals surface area contributed by atoms with Crippen LogP contribution in [0.3, 0.4) is 0 Å². The number of aliphatic hydroxyl groups is 1. The van der Waals surface area contributed by atoms with E-state index in [1.807, 2.05) is 36.4 Å². The SMILES string of the molecule is CC(C)(C)c1cccc(N2C(=O)c3ccccc3C2O)c1. The molecule has 0 saturated heterocycles. The van der Waals surface area contributed by atoms with E-state index >= 15 is 0 Å². The van der Waals surface area contributed by atoms with Gasteiger partial charge in [0.1, 0.15) is 0 Å². The minimum absolute atomic E-state index is 0.00339. The summed E-state index contributed by atoms with van der Waals surface area (Å²) in [6, 6.07) is 15.0. The summed E-state index contributed by atoms with van der Waals surface area (Å²) in [5, 5.41) is 10.5. The van der Waals surface area contributed by atoms with Gasteiger partial charge in [-0.05, 0) is 29.2 Å². The molecule has 3 rings (SSSR count). The number of aliphatic hydroxyl groups excluding tert-OH is 1. The first-order valence-corrected chi connectivity index (χ1v) is 7.11. The van der Waals surface area contributed by atoms with Crippen molar-refractivity contribution >= 4 is 11.6 Å².